The quantitative estimate of drug-likeness (QED) is 0.843. The Morgan fingerprint density at radius 2 is 1.95 bits per heavy atom. The van der Waals surface area contributed by atoms with Crippen LogP contribution in [0, 0.1) is 5.41 Å². The number of nitrogens with one attached hydrogen (secondary N) is 1. The van der Waals surface area contributed by atoms with Crippen LogP contribution in [-0.2, 0) is 4.79 Å². The number of benzene rings is 1. The molecule has 1 amide bonds. The molecule has 1 aliphatic rings. The van der Waals surface area contributed by atoms with E-state index in [1.54, 1.807) is 0 Å². The summed E-state index contributed by atoms with van der Waals surface area (Å²) in [5.41, 5.74) is 0.245. The monoisotopic (exact) mass is 323 g/mol. The largest absolute Gasteiger partial charge is 0.490 e. The molecular weight excluding hydrogens is 298 g/mol. The zero-order chi connectivity index (χ0) is 16.0. The lowest BCUT2D eigenvalue weighted by atomic mass is 9.92. The van der Waals surface area contributed by atoms with E-state index in [1.807, 2.05) is 18.2 Å². The van der Waals surface area contributed by atoms with Crippen molar-refractivity contribution in [1.82, 2.24) is 5.32 Å². The summed E-state index contributed by atoms with van der Waals surface area (Å²) in [5.74, 6) is 2.05. The zero-order valence-electron chi connectivity index (χ0n) is 13.6. The van der Waals surface area contributed by atoms with Gasteiger partial charge in [0, 0.05) is 17.9 Å². The van der Waals surface area contributed by atoms with Gasteiger partial charge in [-0.2, -0.15) is 0 Å². The minimum Gasteiger partial charge on any atom is -0.490 e. The Morgan fingerprint density at radius 1 is 1.23 bits per heavy atom. The van der Waals surface area contributed by atoms with Crippen LogP contribution in [0.3, 0.4) is 0 Å². The topological polar surface area (TPSA) is 47.6 Å². The van der Waals surface area contributed by atoms with E-state index in [2.05, 4.69) is 26.1 Å². The molecule has 1 heterocycles. The molecule has 1 aromatic rings. The molecule has 2 rings (SSSR count). The van der Waals surface area contributed by atoms with Crippen molar-refractivity contribution in [3.05, 3.63) is 18.2 Å². The predicted octanol–water partition coefficient (Wildman–Crippen LogP) is 3.49. The van der Waals surface area contributed by atoms with Gasteiger partial charge in [0.05, 0.1) is 19.0 Å². The lowest BCUT2D eigenvalue weighted by Gasteiger charge is -2.17. The number of rotatable bonds is 5. The maximum absolute atomic E-state index is 11.9. The predicted molar refractivity (Wildman–Crippen MR) is 89.9 cm³/mol. The second-order valence-corrected chi connectivity index (χ2v) is 7.66. The van der Waals surface area contributed by atoms with Crippen LogP contribution in [0.15, 0.2) is 23.1 Å². The van der Waals surface area contributed by atoms with Gasteiger partial charge >= 0.3 is 0 Å². The molecule has 0 radical (unpaired) electrons. The van der Waals surface area contributed by atoms with Crippen molar-refractivity contribution in [2.75, 3.05) is 25.5 Å². The van der Waals surface area contributed by atoms with Crippen LogP contribution in [0.1, 0.15) is 33.6 Å². The maximum atomic E-state index is 11.9. The molecule has 22 heavy (non-hydrogen) atoms. The normalized spacial score (nSPS) is 14.3. The molecule has 0 saturated heterocycles. The Kier molecular flexibility index (Phi) is 6.00. The molecule has 0 bridgehead atoms. The molecule has 0 atom stereocenters. The van der Waals surface area contributed by atoms with Gasteiger partial charge in [-0.25, -0.2) is 0 Å². The van der Waals surface area contributed by atoms with Gasteiger partial charge in [0.2, 0.25) is 5.91 Å². The molecule has 0 saturated carbocycles. The number of ether oxygens (including phenoxy) is 2. The first-order valence-electron chi connectivity index (χ1n) is 7.73. The summed E-state index contributed by atoms with van der Waals surface area (Å²) < 4.78 is 11.3. The fourth-order valence-electron chi connectivity index (χ4n) is 2.01. The standard InChI is InChI=1S/C17H25NO3S/c1-17(2,3)7-8-18-16(19)12-22-13-5-6-14-15(11-13)21-10-4-9-20-14/h5-6,11H,4,7-10,12H2,1-3H3,(H,18,19). The van der Waals surface area contributed by atoms with E-state index >= 15 is 0 Å². The number of hydrogen-bond acceptors (Lipinski definition) is 4. The highest BCUT2D eigenvalue weighted by atomic mass is 32.2. The number of fused-ring (bicyclic) bond motifs is 1. The first-order chi connectivity index (χ1) is 10.4. The third-order valence-electron chi connectivity index (χ3n) is 3.29. The molecule has 0 fully saturated rings. The van der Waals surface area contributed by atoms with Crippen molar-refractivity contribution < 1.29 is 14.3 Å². The van der Waals surface area contributed by atoms with Gasteiger partial charge in [-0.3, -0.25) is 4.79 Å². The lowest BCUT2D eigenvalue weighted by Crippen LogP contribution is -2.28. The Balaban J connectivity index is 1.79. The van der Waals surface area contributed by atoms with E-state index in [9.17, 15) is 4.79 Å². The second-order valence-electron chi connectivity index (χ2n) is 6.61. The van der Waals surface area contributed by atoms with Crippen LogP contribution in [0.4, 0.5) is 0 Å². The van der Waals surface area contributed by atoms with E-state index in [-0.39, 0.29) is 11.3 Å². The van der Waals surface area contributed by atoms with Crippen LogP contribution in [-0.4, -0.2) is 31.4 Å². The summed E-state index contributed by atoms with van der Waals surface area (Å²) in [5, 5.41) is 2.97. The van der Waals surface area contributed by atoms with Crippen molar-refractivity contribution in [3.8, 4) is 11.5 Å². The van der Waals surface area contributed by atoms with Gasteiger partial charge < -0.3 is 14.8 Å². The Hall–Kier alpha value is -1.36. The first kappa shape index (κ1) is 17.0. The van der Waals surface area contributed by atoms with Crippen molar-refractivity contribution in [3.63, 3.8) is 0 Å². The number of carbonyl (C=O) groups excluding carboxylic acids is 1. The molecule has 5 heteroatoms. The Morgan fingerprint density at radius 3 is 2.68 bits per heavy atom. The summed E-state index contributed by atoms with van der Waals surface area (Å²) in [6.07, 6.45) is 1.88. The van der Waals surface area contributed by atoms with E-state index in [4.69, 9.17) is 9.47 Å². The fraction of sp³-hybridized carbons (Fsp3) is 0.588. The van der Waals surface area contributed by atoms with E-state index in [0.717, 1.165) is 35.8 Å². The SMILES string of the molecule is CC(C)(C)CCNC(=O)CSc1ccc2c(c1)OCCCO2. The van der Waals surface area contributed by atoms with Crippen molar-refractivity contribution in [2.24, 2.45) is 5.41 Å². The average molecular weight is 323 g/mol. The van der Waals surface area contributed by atoms with Crippen LogP contribution >= 0.6 is 11.8 Å². The first-order valence-corrected chi connectivity index (χ1v) is 8.72. The molecule has 4 nitrogen and oxygen atoms in total. The average Bonchev–Trinajstić information content (AvgIpc) is 2.68. The molecule has 1 N–H and O–H groups in total. The summed E-state index contributed by atoms with van der Waals surface area (Å²) in [4.78, 5) is 12.9. The van der Waals surface area contributed by atoms with Crippen LogP contribution < -0.4 is 14.8 Å². The molecule has 1 aliphatic heterocycles. The van der Waals surface area contributed by atoms with Gasteiger partial charge in [0.15, 0.2) is 11.5 Å². The molecule has 0 aromatic heterocycles. The fourth-order valence-corrected chi connectivity index (χ4v) is 2.76. The van der Waals surface area contributed by atoms with Crippen LogP contribution in [0.2, 0.25) is 0 Å². The number of carbonyl (C=O) groups is 1. The summed E-state index contributed by atoms with van der Waals surface area (Å²) in [6.45, 7) is 8.61. The van der Waals surface area contributed by atoms with Crippen molar-refractivity contribution in [1.29, 1.82) is 0 Å². The number of hydrogen-bond donors (Lipinski definition) is 1. The molecule has 0 spiro atoms. The summed E-state index contributed by atoms with van der Waals surface area (Å²) >= 11 is 1.52. The van der Waals surface area contributed by atoms with Gasteiger partial charge in [0.25, 0.3) is 0 Å². The minimum atomic E-state index is 0.0707. The smallest absolute Gasteiger partial charge is 0.230 e. The van der Waals surface area contributed by atoms with E-state index in [0.29, 0.717) is 19.0 Å². The van der Waals surface area contributed by atoms with Gasteiger partial charge in [-0.05, 0) is 30.0 Å². The minimum absolute atomic E-state index is 0.0707. The Labute approximate surface area is 137 Å². The maximum Gasteiger partial charge on any atom is 0.230 e. The lowest BCUT2D eigenvalue weighted by molar-refractivity contribution is -0.118. The van der Waals surface area contributed by atoms with Gasteiger partial charge in [0.1, 0.15) is 0 Å². The molecule has 122 valence electrons. The highest BCUT2D eigenvalue weighted by Crippen LogP contribution is 2.33. The number of thioether (sulfide) groups is 1. The highest BCUT2D eigenvalue weighted by molar-refractivity contribution is 8.00. The van der Waals surface area contributed by atoms with Gasteiger partial charge in [-0.1, -0.05) is 20.8 Å². The summed E-state index contributed by atoms with van der Waals surface area (Å²) in [6, 6.07) is 5.84. The van der Waals surface area contributed by atoms with Crippen molar-refractivity contribution >= 4 is 17.7 Å². The zero-order valence-corrected chi connectivity index (χ0v) is 14.4. The van der Waals surface area contributed by atoms with E-state index < -0.39 is 0 Å². The molecule has 1 aromatic carbocycles. The molecule has 0 aliphatic carbocycles. The van der Waals surface area contributed by atoms with Crippen LogP contribution in [0.25, 0.3) is 0 Å². The Bertz CT molecular complexity index is 511. The van der Waals surface area contributed by atoms with Crippen LogP contribution in [0.5, 0.6) is 11.5 Å². The number of amides is 1. The molecule has 0 unspecified atom stereocenters. The third-order valence-corrected chi connectivity index (χ3v) is 4.28. The third kappa shape index (κ3) is 5.79. The molecular formula is C17H25NO3S. The summed E-state index contributed by atoms with van der Waals surface area (Å²) in [7, 11) is 0. The second kappa shape index (κ2) is 7.77. The highest BCUT2D eigenvalue weighted by Gasteiger charge is 2.13. The van der Waals surface area contributed by atoms with Crippen molar-refractivity contribution in [2.45, 2.75) is 38.5 Å². The van der Waals surface area contributed by atoms with E-state index in [1.165, 1.54) is 11.8 Å². The van der Waals surface area contributed by atoms with Gasteiger partial charge in [-0.15, -0.1) is 11.8 Å².